The lowest BCUT2D eigenvalue weighted by atomic mass is 9.98. The largest absolute Gasteiger partial charge is 0.482 e. The lowest BCUT2D eigenvalue weighted by Crippen LogP contribution is -2.44. The molecule has 0 bridgehead atoms. The first-order valence-corrected chi connectivity index (χ1v) is 9.34. The number of aryl methyl sites for hydroxylation is 1. The van der Waals surface area contributed by atoms with Gasteiger partial charge in [-0.2, -0.15) is 13.2 Å². The molecular formula is C19H22F3N3O4. The maximum absolute atomic E-state index is 12.6. The number of carbonyl (C=O) groups excluding carboxylic acids is 3. The van der Waals surface area contributed by atoms with Gasteiger partial charge in [0.15, 0.2) is 6.61 Å². The summed E-state index contributed by atoms with van der Waals surface area (Å²) in [7, 11) is 0. The number of anilines is 1. The van der Waals surface area contributed by atoms with Crippen molar-refractivity contribution >= 4 is 23.5 Å². The van der Waals surface area contributed by atoms with Crippen molar-refractivity contribution in [2.24, 2.45) is 0 Å². The smallest absolute Gasteiger partial charge is 0.422 e. The number of halogens is 3. The quantitative estimate of drug-likeness (QED) is 0.702. The highest BCUT2D eigenvalue weighted by Gasteiger charge is 2.52. The number of hydrogen-bond acceptors (Lipinski definition) is 4. The molecule has 1 saturated carbocycles. The normalized spacial score (nSPS) is 18.3. The van der Waals surface area contributed by atoms with Gasteiger partial charge in [0.2, 0.25) is 5.91 Å². The fraction of sp³-hybridized carbons (Fsp3) is 0.526. The third-order valence-corrected chi connectivity index (χ3v) is 5.07. The lowest BCUT2D eigenvalue weighted by molar-refractivity contribution is -0.153. The predicted molar refractivity (Wildman–Crippen MR) is 97.4 cm³/mol. The van der Waals surface area contributed by atoms with Gasteiger partial charge in [-0.1, -0.05) is 18.9 Å². The molecule has 3 rings (SSSR count). The van der Waals surface area contributed by atoms with E-state index in [1.807, 2.05) is 0 Å². The predicted octanol–water partition coefficient (Wildman–Crippen LogP) is 3.13. The minimum atomic E-state index is -4.51. The molecule has 1 aliphatic carbocycles. The summed E-state index contributed by atoms with van der Waals surface area (Å²) < 4.78 is 42.1. The van der Waals surface area contributed by atoms with Gasteiger partial charge in [0, 0.05) is 13.0 Å². The molecule has 1 aliphatic heterocycles. The topological polar surface area (TPSA) is 87.7 Å². The van der Waals surface area contributed by atoms with Crippen LogP contribution in [0.4, 0.5) is 23.7 Å². The molecule has 158 valence electrons. The molecule has 1 heterocycles. The summed E-state index contributed by atoms with van der Waals surface area (Å²) in [6, 6.07) is 3.94. The number of ether oxygens (including phenoxy) is 1. The fourth-order valence-corrected chi connectivity index (χ4v) is 3.63. The van der Waals surface area contributed by atoms with Gasteiger partial charge in [-0.15, -0.1) is 0 Å². The lowest BCUT2D eigenvalue weighted by Gasteiger charge is -2.20. The Morgan fingerprint density at radius 1 is 1.28 bits per heavy atom. The average molecular weight is 413 g/mol. The molecule has 0 radical (unpaired) electrons. The Kier molecular flexibility index (Phi) is 5.72. The van der Waals surface area contributed by atoms with Crippen molar-refractivity contribution in [3.8, 4) is 5.75 Å². The molecular weight excluding hydrogens is 391 g/mol. The minimum absolute atomic E-state index is 0.0920. The highest BCUT2D eigenvalue weighted by molar-refractivity contribution is 6.07. The molecule has 7 nitrogen and oxygen atoms in total. The van der Waals surface area contributed by atoms with Crippen molar-refractivity contribution in [3.05, 3.63) is 23.8 Å². The summed E-state index contributed by atoms with van der Waals surface area (Å²) in [5.74, 6) is -0.966. The number of imide groups is 1. The first kappa shape index (κ1) is 20.9. The summed E-state index contributed by atoms with van der Waals surface area (Å²) >= 11 is 0. The van der Waals surface area contributed by atoms with Crippen LogP contribution in [-0.2, 0) is 9.59 Å². The van der Waals surface area contributed by atoms with E-state index in [1.165, 1.54) is 12.1 Å². The number of benzene rings is 1. The second-order valence-corrected chi connectivity index (χ2v) is 7.38. The minimum Gasteiger partial charge on any atom is -0.482 e. The third kappa shape index (κ3) is 4.80. The summed E-state index contributed by atoms with van der Waals surface area (Å²) in [5.41, 5.74) is -0.0842. The Bertz CT molecular complexity index is 819. The number of urea groups is 1. The van der Waals surface area contributed by atoms with E-state index in [0.717, 1.165) is 17.7 Å². The van der Waals surface area contributed by atoms with Crippen LogP contribution in [0, 0.1) is 6.92 Å². The molecule has 1 aromatic rings. The average Bonchev–Trinajstić information content (AvgIpc) is 3.19. The van der Waals surface area contributed by atoms with Crippen LogP contribution in [-0.4, -0.2) is 47.6 Å². The molecule has 29 heavy (non-hydrogen) atoms. The van der Waals surface area contributed by atoms with Crippen molar-refractivity contribution in [1.29, 1.82) is 0 Å². The zero-order chi connectivity index (χ0) is 21.2. The molecule has 0 unspecified atom stereocenters. The second-order valence-electron chi connectivity index (χ2n) is 7.38. The number of rotatable bonds is 6. The van der Waals surface area contributed by atoms with E-state index >= 15 is 0 Å². The van der Waals surface area contributed by atoms with Crippen molar-refractivity contribution in [1.82, 2.24) is 10.2 Å². The summed E-state index contributed by atoms with van der Waals surface area (Å²) in [6.45, 7) is 0.0925. The number of nitrogens with one attached hydrogen (secondary N) is 2. The van der Waals surface area contributed by atoms with Crippen molar-refractivity contribution < 1.29 is 32.3 Å². The number of carbonyl (C=O) groups is 3. The van der Waals surface area contributed by atoms with Crippen LogP contribution in [0.2, 0.25) is 0 Å². The summed E-state index contributed by atoms with van der Waals surface area (Å²) in [5, 5.41) is 5.22. The zero-order valence-electron chi connectivity index (χ0n) is 15.9. The van der Waals surface area contributed by atoms with Crippen molar-refractivity contribution in [3.63, 3.8) is 0 Å². The van der Waals surface area contributed by atoms with E-state index < -0.39 is 30.3 Å². The summed E-state index contributed by atoms with van der Waals surface area (Å²) in [4.78, 5) is 38.0. The Labute approximate surface area is 165 Å². The first-order chi connectivity index (χ1) is 13.6. The van der Waals surface area contributed by atoms with Crippen LogP contribution in [0.5, 0.6) is 5.75 Å². The molecule has 1 saturated heterocycles. The fourth-order valence-electron chi connectivity index (χ4n) is 3.63. The zero-order valence-corrected chi connectivity index (χ0v) is 15.9. The van der Waals surface area contributed by atoms with E-state index in [-0.39, 0.29) is 30.3 Å². The van der Waals surface area contributed by atoms with Gasteiger partial charge >= 0.3 is 12.2 Å². The Hall–Kier alpha value is -2.78. The molecule has 0 atom stereocenters. The van der Waals surface area contributed by atoms with Gasteiger partial charge in [-0.25, -0.2) is 4.79 Å². The molecule has 2 N–H and O–H groups in total. The maximum Gasteiger partial charge on any atom is 0.422 e. The molecule has 1 aromatic carbocycles. The summed E-state index contributed by atoms with van der Waals surface area (Å²) in [6.07, 6.45) is -1.80. The number of nitrogens with zero attached hydrogens (tertiary/aromatic N) is 1. The molecule has 4 amide bonds. The molecule has 2 aliphatic rings. The molecule has 1 spiro atoms. The van der Waals surface area contributed by atoms with Crippen molar-refractivity contribution in [2.45, 2.75) is 50.7 Å². The Morgan fingerprint density at radius 2 is 1.97 bits per heavy atom. The van der Waals surface area contributed by atoms with Gasteiger partial charge in [0.25, 0.3) is 5.91 Å². The van der Waals surface area contributed by atoms with Gasteiger partial charge in [0.05, 0.1) is 5.69 Å². The maximum atomic E-state index is 12.6. The van der Waals surface area contributed by atoms with Crippen LogP contribution in [0.1, 0.15) is 37.7 Å². The molecule has 10 heteroatoms. The van der Waals surface area contributed by atoms with E-state index in [0.29, 0.717) is 18.4 Å². The van der Waals surface area contributed by atoms with Gasteiger partial charge in [-0.3, -0.25) is 14.5 Å². The van der Waals surface area contributed by atoms with E-state index in [2.05, 4.69) is 10.6 Å². The molecule has 0 aromatic heterocycles. The number of alkyl halides is 3. The van der Waals surface area contributed by atoms with Gasteiger partial charge < -0.3 is 15.4 Å². The standard InChI is InChI=1S/C19H22F3N3O4/c1-12-4-5-13(14(10-12)29-11-19(20,21)22)23-15(26)6-9-25-16(27)18(24-17(25)28)7-2-3-8-18/h4-5,10H,2-3,6-9,11H2,1H3,(H,23,26)(H,24,28). The SMILES string of the molecule is Cc1ccc(NC(=O)CCN2C(=O)NC3(CCCC3)C2=O)c(OCC(F)(F)F)c1. The van der Waals surface area contributed by atoms with Crippen LogP contribution in [0.3, 0.4) is 0 Å². The Balaban J connectivity index is 1.60. The van der Waals surface area contributed by atoms with Crippen molar-refractivity contribution in [2.75, 3.05) is 18.5 Å². The highest BCUT2D eigenvalue weighted by Crippen LogP contribution is 2.35. The van der Waals surface area contributed by atoms with Crippen LogP contribution in [0.15, 0.2) is 18.2 Å². The van der Waals surface area contributed by atoms with Crippen LogP contribution in [0.25, 0.3) is 0 Å². The highest BCUT2D eigenvalue weighted by atomic mass is 19.4. The third-order valence-electron chi connectivity index (χ3n) is 5.07. The van der Waals surface area contributed by atoms with Crippen LogP contribution < -0.4 is 15.4 Å². The Morgan fingerprint density at radius 3 is 2.62 bits per heavy atom. The van der Waals surface area contributed by atoms with E-state index in [4.69, 9.17) is 4.74 Å². The van der Waals surface area contributed by atoms with Gasteiger partial charge in [0.1, 0.15) is 11.3 Å². The monoisotopic (exact) mass is 413 g/mol. The number of amides is 4. The van der Waals surface area contributed by atoms with E-state index in [1.54, 1.807) is 13.0 Å². The second kappa shape index (κ2) is 7.92. The molecule has 2 fully saturated rings. The van der Waals surface area contributed by atoms with E-state index in [9.17, 15) is 27.6 Å². The van der Waals surface area contributed by atoms with Gasteiger partial charge in [-0.05, 0) is 37.5 Å². The van der Waals surface area contributed by atoms with Crippen LogP contribution >= 0.6 is 0 Å². The first-order valence-electron chi connectivity index (χ1n) is 9.34. The number of hydrogen-bond donors (Lipinski definition) is 2.